The SMILES string of the molecule is CCN1/C(=C/C2C=C(C)NC(c3ccccc3)=[N+]2C)C=Cc2ccccc21. The van der Waals surface area contributed by atoms with Crippen molar-refractivity contribution in [3.05, 3.63) is 95.3 Å². The second kappa shape index (κ2) is 7.28. The minimum absolute atomic E-state index is 0.195. The highest BCUT2D eigenvalue weighted by Crippen LogP contribution is 2.31. The summed E-state index contributed by atoms with van der Waals surface area (Å²) in [6.07, 6.45) is 9.07. The fourth-order valence-corrected chi connectivity index (χ4v) is 3.82. The Hall–Kier alpha value is -3.07. The number of para-hydroxylation sites is 1. The Bertz CT molecular complexity index is 964. The molecule has 3 heteroatoms. The molecule has 2 aromatic rings. The first kappa shape index (κ1) is 17.3. The summed E-state index contributed by atoms with van der Waals surface area (Å²) in [5.74, 6) is 1.14. The molecule has 2 aliphatic heterocycles. The predicted molar refractivity (Wildman–Crippen MR) is 114 cm³/mol. The van der Waals surface area contributed by atoms with Gasteiger partial charge in [-0.2, -0.15) is 0 Å². The Morgan fingerprint density at radius 1 is 1.04 bits per heavy atom. The van der Waals surface area contributed by atoms with Gasteiger partial charge in [-0.15, -0.1) is 0 Å². The molecule has 27 heavy (non-hydrogen) atoms. The van der Waals surface area contributed by atoms with Crippen LogP contribution in [0.3, 0.4) is 0 Å². The summed E-state index contributed by atoms with van der Waals surface area (Å²) >= 11 is 0. The first-order valence-electron chi connectivity index (χ1n) is 9.54. The van der Waals surface area contributed by atoms with Crippen LogP contribution in [0.25, 0.3) is 6.08 Å². The molecular weight excluding hydrogens is 330 g/mol. The van der Waals surface area contributed by atoms with E-state index in [1.165, 1.54) is 28.2 Å². The molecule has 2 aliphatic rings. The first-order valence-corrected chi connectivity index (χ1v) is 9.54. The number of nitrogens with one attached hydrogen (secondary N) is 1. The molecule has 0 saturated heterocycles. The fourth-order valence-electron chi connectivity index (χ4n) is 3.82. The normalized spacial score (nSPS) is 20.4. The minimum Gasteiger partial charge on any atom is -0.341 e. The Morgan fingerprint density at radius 2 is 1.78 bits per heavy atom. The first-order chi connectivity index (χ1) is 13.2. The Kier molecular flexibility index (Phi) is 4.68. The van der Waals surface area contributed by atoms with E-state index in [0.717, 1.165) is 12.4 Å². The van der Waals surface area contributed by atoms with Crippen molar-refractivity contribution < 1.29 is 4.58 Å². The predicted octanol–water partition coefficient (Wildman–Crippen LogP) is 4.39. The Morgan fingerprint density at radius 3 is 2.56 bits per heavy atom. The smallest absolute Gasteiger partial charge is 0.282 e. The lowest BCUT2D eigenvalue weighted by Gasteiger charge is -2.30. The number of rotatable bonds is 3. The van der Waals surface area contributed by atoms with Crippen LogP contribution in [0.15, 0.2) is 84.2 Å². The number of likely N-dealkylation sites (N-methyl/N-ethyl adjacent to an activating group) is 2. The zero-order valence-electron chi connectivity index (χ0n) is 16.2. The van der Waals surface area contributed by atoms with E-state index in [-0.39, 0.29) is 6.04 Å². The largest absolute Gasteiger partial charge is 0.341 e. The second-order valence-corrected chi connectivity index (χ2v) is 7.02. The van der Waals surface area contributed by atoms with Crippen LogP contribution in [0.2, 0.25) is 0 Å². The number of nitrogens with zero attached hydrogens (tertiary/aromatic N) is 2. The highest BCUT2D eigenvalue weighted by molar-refractivity contribution is 5.96. The summed E-state index contributed by atoms with van der Waals surface area (Å²) in [5, 5.41) is 3.53. The van der Waals surface area contributed by atoms with E-state index in [2.05, 4.69) is 115 Å². The van der Waals surface area contributed by atoms with Gasteiger partial charge in [0.1, 0.15) is 6.04 Å². The van der Waals surface area contributed by atoms with Crippen molar-refractivity contribution in [2.45, 2.75) is 19.9 Å². The molecule has 1 N–H and O–H groups in total. The van der Waals surface area contributed by atoms with Gasteiger partial charge in [-0.3, -0.25) is 4.58 Å². The Balaban J connectivity index is 1.74. The molecule has 0 aliphatic carbocycles. The maximum absolute atomic E-state index is 3.53. The monoisotopic (exact) mass is 356 g/mol. The average molecular weight is 356 g/mol. The van der Waals surface area contributed by atoms with Crippen molar-refractivity contribution in [3.63, 3.8) is 0 Å². The van der Waals surface area contributed by atoms with Crippen molar-refractivity contribution in [1.82, 2.24) is 5.32 Å². The number of allylic oxidation sites excluding steroid dienone is 2. The fraction of sp³-hybridized carbons (Fsp3) is 0.208. The standard InChI is InChI=1S/C24H25N3/c1-4-27-21(15-14-19-10-8-9-13-23(19)27)17-22-16-18(2)25-24(26(22)3)20-11-6-5-7-12-20/h5-17,22H,4H2,1-3H3/p+1/b21-17+. The molecule has 136 valence electrons. The zero-order chi connectivity index (χ0) is 18.8. The minimum atomic E-state index is 0.195. The van der Waals surface area contributed by atoms with Crippen molar-refractivity contribution in [2.24, 2.45) is 0 Å². The number of fused-ring (bicyclic) bond motifs is 1. The van der Waals surface area contributed by atoms with Crippen LogP contribution in [-0.2, 0) is 0 Å². The summed E-state index contributed by atoms with van der Waals surface area (Å²) in [4.78, 5) is 2.39. The van der Waals surface area contributed by atoms with E-state index in [1.54, 1.807) is 0 Å². The number of hydrogen-bond acceptors (Lipinski definition) is 2. The van der Waals surface area contributed by atoms with Crippen molar-refractivity contribution in [2.75, 3.05) is 18.5 Å². The molecule has 0 aromatic heterocycles. The molecule has 4 rings (SSSR count). The van der Waals surface area contributed by atoms with E-state index in [0.29, 0.717) is 0 Å². The van der Waals surface area contributed by atoms with E-state index in [4.69, 9.17) is 0 Å². The third-order valence-electron chi connectivity index (χ3n) is 5.21. The highest BCUT2D eigenvalue weighted by Gasteiger charge is 2.26. The van der Waals surface area contributed by atoms with Crippen molar-refractivity contribution in [1.29, 1.82) is 0 Å². The second-order valence-electron chi connectivity index (χ2n) is 7.02. The average Bonchev–Trinajstić information content (AvgIpc) is 2.71. The van der Waals surface area contributed by atoms with Crippen molar-refractivity contribution in [3.8, 4) is 0 Å². The van der Waals surface area contributed by atoms with Gasteiger partial charge < -0.3 is 4.90 Å². The molecule has 0 radical (unpaired) electrons. The molecule has 2 aromatic carbocycles. The zero-order valence-corrected chi connectivity index (χ0v) is 16.2. The van der Waals surface area contributed by atoms with E-state index in [9.17, 15) is 0 Å². The maximum atomic E-state index is 3.53. The van der Waals surface area contributed by atoms with Gasteiger partial charge in [-0.25, -0.2) is 5.32 Å². The lowest BCUT2D eigenvalue weighted by atomic mass is 10.0. The summed E-state index contributed by atoms with van der Waals surface area (Å²) in [6.45, 7) is 5.28. The van der Waals surface area contributed by atoms with Crippen LogP contribution in [0, 0.1) is 0 Å². The number of anilines is 1. The molecule has 1 unspecified atom stereocenters. The van der Waals surface area contributed by atoms with Crippen LogP contribution in [0.4, 0.5) is 5.69 Å². The van der Waals surface area contributed by atoms with Crippen LogP contribution in [0.5, 0.6) is 0 Å². The van der Waals surface area contributed by atoms with Crippen LogP contribution < -0.4 is 10.2 Å². The number of benzene rings is 2. The molecule has 0 saturated carbocycles. The van der Waals surface area contributed by atoms with E-state index in [1.807, 2.05) is 0 Å². The maximum Gasteiger partial charge on any atom is 0.282 e. The van der Waals surface area contributed by atoms with Gasteiger partial charge in [0.15, 0.2) is 0 Å². The summed E-state index contributed by atoms with van der Waals surface area (Å²) in [5.41, 5.74) is 6.17. The van der Waals surface area contributed by atoms with Gasteiger partial charge in [0, 0.05) is 24.0 Å². The third kappa shape index (κ3) is 3.33. The molecule has 1 atom stereocenters. The van der Waals surface area contributed by atoms with Gasteiger partial charge in [0.05, 0.1) is 18.3 Å². The van der Waals surface area contributed by atoms with Crippen LogP contribution in [0.1, 0.15) is 25.0 Å². The topological polar surface area (TPSA) is 18.3 Å². The lowest BCUT2D eigenvalue weighted by Crippen LogP contribution is -2.41. The van der Waals surface area contributed by atoms with Gasteiger partial charge in [0.2, 0.25) is 0 Å². The van der Waals surface area contributed by atoms with Crippen LogP contribution >= 0.6 is 0 Å². The van der Waals surface area contributed by atoms with Gasteiger partial charge in [-0.1, -0.05) is 42.5 Å². The quantitative estimate of drug-likeness (QED) is 0.822. The van der Waals surface area contributed by atoms with Gasteiger partial charge in [-0.05, 0) is 49.8 Å². The number of hydrogen-bond donors (Lipinski definition) is 1. The molecule has 0 amide bonds. The summed E-state index contributed by atoms with van der Waals surface area (Å²) in [6, 6.07) is 19.3. The lowest BCUT2D eigenvalue weighted by molar-refractivity contribution is -0.516. The number of amidine groups is 1. The van der Waals surface area contributed by atoms with Gasteiger partial charge >= 0.3 is 0 Å². The molecule has 0 spiro atoms. The third-order valence-corrected chi connectivity index (χ3v) is 5.21. The molecule has 3 nitrogen and oxygen atoms in total. The summed E-state index contributed by atoms with van der Waals surface area (Å²) in [7, 11) is 2.15. The van der Waals surface area contributed by atoms with Crippen molar-refractivity contribution >= 4 is 17.6 Å². The van der Waals surface area contributed by atoms with Gasteiger partial charge in [0.25, 0.3) is 5.84 Å². The van der Waals surface area contributed by atoms with Crippen LogP contribution in [-0.4, -0.2) is 30.0 Å². The highest BCUT2D eigenvalue weighted by atomic mass is 15.2. The molecule has 0 fully saturated rings. The molecular formula is C24H26N3+. The molecule has 2 heterocycles. The van der Waals surface area contributed by atoms with E-state index >= 15 is 0 Å². The summed E-state index contributed by atoms with van der Waals surface area (Å²) < 4.78 is 2.30. The molecule has 0 bridgehead atoms. The Labute approximate surface area is 161 Å². The van der Waals surface area contributed by atoms with E-state index < -0.39 is 0 Å².